The molecule has 0 saturated carbocycles. The Hall–Kier alpha value is 0.680. The molecule has 0 rings (SSSR count). The van der Waals surface area contributed by atoms with Crippen LogP contribution in [0.3, 0.4) is 0 Å². The first-order valence-corrected chi connectivity index (χ1v) is 10.5. The number of rotatable bonds is 11. The van der Waals surface area contributed by atoms with Crippen molar-refractivity contribution in [3.63, 3.8) is 0 Å². The van der Waals surface area contributed by atoms with Crippen LogP contribution < -0.4 is 0 Å². The van der Waals surface area contributed by atoms with Crippen molar-refractivity contribution in [2.24, 2.45) is 0 Å². The van der Waals surface area contributed by atoms with E-state index in [2.05, 4.69) is 20.8 Å². The molecule has 0 aliphatic carbocycles. The van der Waals surface area contributed by atoms with Crippen LogP contribution in [0, 0.1) is 0 Å². The number of hydrogen-bond donors (Lipinski definition) is 0. The lowest BCUT2D eigenvalue weighted by atomic mass is 10.4. The minimum atomic E-state index is 0.422. The maximum Gasteiger partial charge on any atom is 0.0350 e. The van der Waals surface area contributed by atoms with Gasteiger partial charge in [0.25, 0.3) is 0 Å². The van der Waals surface area contributed by atoms with E-state index >= 15 is 0 Å². The van der Waals surface area contributed by atoms with E-state index in [0.29, 0.717) is 7.92 Å². The lowest BCUT2D eigenvalue weighted by Crippen LogP contribution is -2.13. The molecule has 0 N–H and O–H groups in total. The van der Waals surface area contributed by atoms with Gasteiger partial charge in [-0.3, -0.25) is 0 Å². The van der Waals surface area contributed by atoms with Crippen LogP contribution >= 0.6 is 19.5 Å². The topological polar surface area (TPSA) is 3.24 Å². The molecule has 0 unspecified atom stereocenters. The highest BCUT2D eigenvalue weighted by Crippen LogP contribution is 2.38. The van der Waals surface area contributed by atoms with Gasteiger partial charge >= 0.3 is 0 Å². The molecule has 3 heteroatoms. The van der Waals surface area contributed by atoms with Crippen molar-refractivity contribution in [3.05, 3.63) is 0 Å². The third kappa shape index (κ3) is 21.1. The summed E-state index contributed by atoms with van der Waals surface area (Å²) in [5.41, 5.74) is 0. The number of hydrogen-bond acceptors (Lipinski definition) is 1. The molecule has 0 spiro atoms. The van der Waals surface area contributed by atoms with Gasteiger partial charge in [0.05, 0.1) is 0 Å². The van der Waals surface area contributed by atoms with E-state index in [-0.39, 0.29) is 0 Å². The maximum absolute atomic E-state index is 5.35. The summed E-state index contributed by atoms with van der Waals surface area (Å²) >= 11 is 5.35. The van der Waals surface area contributed by atoms with Crippen LogP contribution in [-0.2, 0) is 0 Å². The van der Waals surface area contributed by atoms with Crippen molar-refractivity contribution in [3.8, 4) is 0 Å². The minimum Gasteiger partial charge on any atom is -0.308 e. The molecule has 0 atom stereocenters. The molecule has 0 amide bonds. The fourth-order valence-electron chi connectivity index (χ4n) is 1.65. The van der Waals surface area contributed by atoms with Crippen LogP contribution in [0.4, 0.5) is 0 Å². The second-order valence-electron chi connectivity index (χ2n) is 5.39. The molecule has 0 bridgehead atoms. The summed E-state index contributed by atoms with van der Waals surface area (Å²) in [5.74, 6) is 0.729. The van der Waals surface area contributed by atoms with Gasteiger partial charge in [-0.05, 0) is 51.8 Å². The quantitative estimate of drug-likeness (QED) is 0.352. The summed E-state index contributed by atoms with van der Waals surface area (Å²) in [6.07, 6.45) is 13.2. The van der Waals surface area contributed by atoms with Gasteiger partial charge < -0.3 is 4.90 Å². The Balaban J connectivity index is 0. The summed E-state index contributed by atoms with van der Waals surface area (Å²) in [7, 11) is 4.43. The highest BCUT2D eigenvalue weighted by molar-refractivity contribution is 7.57. The van der Waals surface area contributed by atoms with Gasteiger partial charge in [-0.15, -0.1) is 19.5 Å². The van der Waals surface area contributed by atoms with Crippen molar-refractivity contribution in [2.75, 3.05) is 45.0 Å². The van der Waals surface area contributed by atoms with Crippen molar-refractivity contribution in [1.82, 2.24) is 4.90 Å². The molecule has 0 fully saturated rings. The molecule has 0 saturated heterocycles. The van der Waals surface area contributed by atoms with Crippen LogP contribution in [0.5, 0.6) is 0 Å². The van der Waals surface area contributed by atoms with Gasteiger partial charge in [-0.25, -0.2) is 0 Å². The molecule has 0 radical (unpaired) electrons. The molecule has 0 aliphatic heterocycles. The number of halogens is 1. The Morgan fingerprint density at radius 1 is 0.789 bits per heavy atom. The highest BCUT2D eigenvalue weighted by Gasteiger charge is 2.05. The lowest BCUT2D eigenvalue weighted by Gasteiger charge is -2.16. The molecule has 1 nitrogen and oxygen atoms in total. The fraction of sp³-hybridized carbons (Fsp3) is 1.00. The summed E-state index contributed by atoms with van der Waals surface area (Å²) in [6, 6.07) is 0. The van der Waals surface area contributed by atoms with Gasteiger partial charge in [0, 0.05) is 12.4 Å². The van der Waals surface area contributed by atoms with Gasteiger partial charge in [-0.2, -0.15) is 0 Å². The standard InChI is InChI=1S/C12H27P.C4H10ClN/c1-4-7-10-13(11-8-5-2)12-9-6-3;1-6(2)4-3-5/h4-12H2,1-3H3;3-4H2,1-2H3. The minimum absolute atomic E-state index is 0.422. The van der Waals surface area contributed by atoms with Crippen LogP contribution in [0.15, 0.2) is 0 Å². The van der Waals surface area contributed by atoms with E-state index in [1.54, 1.807) is 18.5 Å². The van der Waals surface area contributed by atoms with Crippen molar-refractivity contribution >= 4 is 19.5 Å². The zero-order valence-corrected chi connectivity index (χ0v) is 15.7. The van der Waals surface area contributed by atoms with E-state index in [9.17, 15) is 0 Å². The van der Waals surface area contributed by atoms with Crippen molar-refractivity contribution < 1.29 is 0 Å². The molecular formula is C16H37ClNP. The zero-order chi connectivity index (χ0) is 14.9. The molecule has 0 aromatic carbocycles. The number of alkyl halides is 1. The van der Waals surface area contributed by atoms with Crippen LogP contribution in [-0.4, -0.2) is 49.9 Å². The monoisotopic (exact) mass is 309 g/mol. The van der Waals surface area contributed by atoms with Crippen molar-refractivity contribution in [2.45, 2.75) is 59.3 Å². The summed E-state index contributed by atoms with van der Waals surface area (Å²) < 4.78 is 0. The lowest BCUT2D eigenvalue weighted by molar-refractivity contribution is 0.436. The second kappa shape index (κ2) is 18.7. The molecule has 19 heavy (non-hydrogen) atoms. The Bertz CT molecular complexity index is 135. The first-order chi connectivity index (χ1) is 9.12. The molecule has 0 aromatic heterocycles. The first kappa shape index (κ1) is 22.0. The average molecular weight is 310 g/mol. The maximum atomic E-state index is 5.35. The van der Waals surface area contributed by atoms with E-state index < -0.39 is 0 Å². The van der Waals surface area contributed by atoms with Gasteiger partial charge in [-0.1, -0.05) is 40.0 Å². The molecule has 0 aliphatic rings. The third-order valence-electron chi connectivity index (χ3n) is 3.02. The summed E-state index contributed by atoms with van der Waals surface area (Å²) in [4.78, 5) is 2.05. The highest BCUT2D eigenvalue weighted by atomic mass is 35.5. The number of unbranched alkanes of at least 4 members (excludes halogenated alkanes) is 3. The van der Waals surface area contributed by atoms with Crippen LogP contribution in [0.2, 0.25) is 0 Å². The summed E-state index contributed by atoms with van der Waals surface area (Å²) in [5, 5.41) is 0. The van der Waals surface area contributed by atoms with Crippen LogP contribution in [0.25, 0.3) is 0 Å². The molecule has 118 valence electrons. The Morgan fingerprint density at radius 3 is 1.32 bits per heavy atom. The van der Waals surface area contributed by atoms with Crippen LogP contribution in [0.1, 0.15) is 59.3 Å². The average Bonchev–Trinajstić information content (AvgIpc) is 2.38. The Labute approximate surface area is 129 Å². The van der Waals surface area contributed by atoms with E-state index in [1.807, 2.05) is 19.0 Å². The zero-order valence-electron chi connectivity index (χ0n) is 14.1. The third-order valence-corrected chi connectivity index (χ3v) is 6.03. The normalized spacial score (nSPS) is 10.7. The van der Waals surface area contributed by atoms with Gasteiger partial charge in [0.15, 0.2) is 0 Å². The molecule has 0 aromatic rings. The van der Waals surface area contributed by atoms with Gasteiger partial charge in [0.2, 0.25) is 0 Å². The first-order valence-electron chi connectivity index (χ1n) is 8.05. The predicted molar refractivity (Wildman–Crippen MR) is 95.5 cm³/mol. The predicted octanol–water partition coefficient (Wildman–Crippen LogP) is 5.66. The smallest absolute Gasteiger partial charge is 0.0350 e. The van der Waals surface area contributed by atoms with E-state index in [0.717, 1.165) is 12.4 Å². The fourth-order valence-corrected chi connectivity index (χ4v) is 4.95. The van der Waals surface area contributed by atoms with E-state index in [1.165, 1.54) is 38.5 Å². The van der Waals surface area contributed by atoms with E-state index in [4.69, 9.17) is 11.6 Å². The SMILES string of the molecule is CCCCP(CCCC)CCCC.CN(C)CCCl. The Kier molecular flexibility index (Phi) is 21.6. The van der Waals surface area contributed by atoms with Crippen molar-refractivity contribution in [1.29, 1.82) is 0 Å². The van der Waals surface area contributed by atoms with Gasteiger partial charge in [0.1, 0.15) is 0 Å². The second-order valence-corrected chi connectivity index (χ2v) is 8.46. The largest absolute Gasteiger partial charge is 0.308 e. The summed E-state index contributed by atoms with van der Waals surface area (Å²) in [6.45, 7) is 7.91. The Morgan fingerprint density at radius 2 is 1.16 bits per heavy atom. The molecule has 0 heterocycles. The number of nitrogens with zero attached hydrogens (tertiary/aromatic N) is 1. The molecular weight excluding hydrogens is 273 g/mol.